The molecule has 1 aliphatic heterocycles. The Kier molecular flexibility index (Phi) is 9.37. The van der Waals surface area contributed by atoms with Gasteiger partial charge in [-0.25, -0.2) is 8.42 Å². The third-order valence-corrected chi connectivity index (χ3v) is 9.47. The molecule has 0 spiro atoms. The van der Waals surface area contributed by atoms with Gasteiger partial charge in [0.05, 0.1) is 10.9 Å². The molecular formula is C34H37N3O4S. The van der Waals surface area contributed by atoms with Gasteiger partial charge in [0.2, 0.25) is 10.0 Å². The summed E-state index contributed by atoms with van der Waals surface area (Å²) in [5.41, 5.74) is 4.09. The Morgan fingerprint density at radius 1 is 0.738 bits per heavy atom. The molecule has 4 aromatic rings. The lowest BCUT2D eigenvalue weighted by Crippen LogP contribution is -2.49. The monoisotopic (exact) mass is 583 g/mol. The smallest absolute Gasteiger partial charge is 0.262 e. The van der Waals surface area contributed by atoms with E-state index in [1.165, 1.54) is 16.7 Å². The van der Waals surface area contributed by atoms with Crippen LogP contribution in [0.3, 0.4) is 0 Å². The highest BCUT2D eigenvalue weighted by Crippen LogP contribution is 2.30. The number of carbonyl (C=O) groups excluding carboxylic acids is 1. The fourth-order valence-electron chi connectivity index (χ4n) is 5.24. The van der Waals surface area contributed by atoms with Gasteiger partial charge in [-0.05, 0) is 59.0 Å². The molecule has 5 rings (SSSR count). The molecule has 0 aliphatic carbocycles. The molecule has 1 amide bonds. The Hall–Kier alpha value is -3.98. The van der Waals surface area contributed by atoms with Crippen molar-refractivity contribution in [1.29, 1.82) is 0 Å². The average Bonchev–Trinajstić information content (AvgIpc) is 3.02. The molecule has 0 bridgehead atoms. The van der Waals surface area contributed by atoms with Gasteiger partial charge >= 0.3 is 0 Å². The highest BCUT2D eigenvalue weighted by Gasteiger charge is 2.32. The summed E-state index contributed by atoms with van der Waals surface area (Å²) in [6.07, 6.45) is 0. The van der Waals surface area contributed by atoms with Crippen molar-refractivity contribution in [3.8, 4) is 5.75 Å². The zero-order chi connectivity index (χ0) is 29.5. The molecule has 0 unspecified atom stereocenters. The van der Waals surface area contributed by atoms with Crippen LogP contribution in [0, 0.1) is 0 Å². The van der Waals surface area contributed by atoms with Crippen molar-refractivity contribution in [3.05, 3.63) is 126 Å². The van der Waals surface area contributed by atoms with E-state index in [0.717, 1.165) is 0 Å². The lowest BCUT2D eigenvalue weighted by atomic mass is 9.96. The molecule has 8 heteroatoms. The Morgan fingerprint density at radius 3 is 1.81 bits per heavy atom. The van der Waals surface area contributed by atoms with Crippen molar-refractivity contribution >= 4 is 21.6 Å². The topological polar surface area (TPSA) is 78.9 Å². The maximum absolute atomic E-state index is 13.5. The van der Waals surface area contributed by atoms with E-state index >= 15 is 0 Å². The van der Waals surface area contributed by atoms with Gasteiger partial charge in [-0.1, -0.05) is 86.6 Å². The normalized spacial score (nSPS) is 14.7. The van der Waals surface area contributed by atoms with Gasteiger partial charge in [0.25, 0.3) is 5.91 Å². The summed E-state index contributed by atoms with van der Waals surface area (Å²) in [7, 11) is -3.67. The van der Waals surface area contributed by atoms with Gasteiger partial charge in [0.1, 0.15) is 5.75 Å². The molecule has 0 atom stereocenters. The van der Waals surface area contributed by atoms with Crippen LogP contribution in [0.2, 0.25) is 0 Å². The number of benzene rings is 4. The number of hydrogen-bond donors (Lipinski definition) is 1. The fourth-order valence-corrected chi connectivity index (χ4v) is 6.66. The van der Waals surface area contributed by atoms with E-state index in [-0.39, 0.29) is 23.5 Å². The summed E-state index contributed by atoms with van der Waals surface area (Å²) in [4.78, 5) is 15.0. The van der Waals surface area contributed by atoms with Gasteiger partial charge in [0.15, 0.2) is 6.61 Å². The van der Waals surface area contributed by atoms with Crippen molar-refractivity contribution in [3.63, 3.8) is 0 Å². The van der Waals surface area contributed by atoms with Crippen LogP contribution in [0.1, 0.15) is 42.5 Å². The molecule has 0 saturated carbocycles. The minimum atomic E-state index is -3.67. The standard InChI is InChI=1S/C34H37N3O4S/c1-26(2)27-13-17-31(18-14-27)41-25-33(38)35-30-15-19-32(20-16-30)42(39,40)37-23-21-36(22-24-37)34(28-9-5-3-6-10-28)29-11-7-4-8-12-29/h3-20,26,34H,21-25H2,1-2H3,(H,35,38). The second-order valence-electron chi connectivity index (χ2n) is 10.7. The van der Waals surface area contributed by atoms with Crippen LogP contribution < -0.4 is 10.1 Å². The summed E-state index contributed by atoms with van der Waals surface area (Å²) in [5.74, 6) is 0.723. The summed E-state index contributed by atoms with van der Waals surface area (Å²) >= 11 is 0. The molecule has 7 nitrogen and oxygen atoms in total. The third kappa shape index (κ3) is 7.07. The third-order valence-electron chi connectivity index (χ3n) is 7.56. The van der Waals surface area contributed by atoms with Crippen LogP contribution in [0.4, 0.5) is 5.69 Å². The Bertz CT molecular complexity index is 1510. The SMILES string of the molecule is CC(C)c1ccc(OCC(=O)Nc2ccc(S(=O)(=O)N3CCN(C(c4ccccc4)c4ccccc4)CC3)cc2)cc1. The Balaban J connectivity index is 1.17. The van der Waals surface area contributed by atoms with Crippen molar-refractivity contribution in [2.45, 2.75) is 30.7 Å². The summed E-state index contributed by atoms with van der Waals surface area (Å²) < 4.78 is 34.1. The summed E-state index contributed by atoms with van der Waals surface area (Å²) in [5, 5.41) is 2.77. The molecule has 1 fully saturated rings. The molecular weight excluding hydrogens is 546 g/mol. The van der Waals surface area contributed by atoms with Crippen LogP contribution in [-0.2, 0) is 14.8 Å². The zero-order valence-electron chi connectivity index (χ0n) is 24.0. The first-order valence-corrected chi connectivity index (χ1v) is 15.7. The maximum Gasteiger partial charge on any atom is 0.262 e. The number of sulfonamides is 1. The predicted octanol–water partition coefficient (Wildman–Crippen LogP) is 5.92. The van der Waals surface area contributed by atoms with E-state index in [9.17, 15) is 13.2 Å². The predicted molar refractivity (Wildman–Crippen MR) is 166 cm³/mol. The molecule has 0 radical (unpaired) electrons. The van der Waals surface area contributed by atoms with Crippen LogP contribution >= 0.6 is 0 Å². The number of hydrogen-bond acceptors (Lipinski definition) is 5. The number of nitrogens with one attached hydrogen (secondary N) is 1. The van der Waals surface area contributed by atoms with E-state index in [4.69, 9.17) is 4.74 Å². The van der Waals surface area contributed by atoms with Gasteiger partial charge in [-0.15, -0.1) is 0 Å². The van der Waals surface area contributed by atoms with Gasteiger partial charge in [-0.2, -0.15) is 4.31 Å². The number of piperazine rings is 1. The van der Waals surface area contributed by atoms with Gasteiger partial charge in [-0.3, -0.25) is 9.69 Å². The van der Waals surface area contributed by atoms with Crippen molar-refractivity contribution in [2.24, 2.45) is 0 Å². The van der Waals surface area contributed by atoms with E-state index in [1.807, 2.05) is 60.7 Å². The van der Waals surface area contributed by atoms with Crippen LogP contribution in [0.25, 0.3) is 0 Å². The van der Waals surface area contributed by atoms with Crippen molar-refractivity contribution in [1.82, 2.24) is 9.21 Å². The number of amides is 1. The summed E-state index contributed by atoms with van der Waals surface area (Å²) in [6.45, 7) is 6.11. The van der Waals surface area contributed by atoms with E-state index in [2.05, 4.69) is 48.3 Å². The maximum atomic E-state index is 13.5. The molecule has 0 aromatic heterocycles. The second-order valence-corrected chi connectivity index (χ2v) is 12.7. The largest absolute Gasteiger partial charge is 0.484 e. The van der Waals surface area contributed by atoms with E-state index in [1.54, 1.807) is 28.6 Å². The van der Waals surface area contributed by atoms with Crippen LogP contribution in [0.5, 0.6) is 5.75 Å². The zero-order valence-corrected chi connectivity index (χ0v) is 24.8. The van der Waals surface area contributed by atoms with Crippen molar-refractivity contribution < 1.29 is 17.9 Å². The summed E-state index contributed by atoms with van der Waals surface area (Å²) in [6, 6.07) is 34.7. The first kappa shape index (κ1) is 29.5. The molecule has 218 valence electrons. The molecule has 1 saturated heterocycles. The minimum absolute atomic E-state index is 0.0588. The number of carbonyl (C=O) groups is 1. The van der Waals surface area contributed by atoms with E-state index in [0.29, 0.717) is 43.5 Å². The van der Waals surface area contributed by atoms with Gasteiger partial charge in [0, 0.05) is 31.9 Å². The molecule has 4 aromatic carbocycles. The number of ether oxygens (including phenoxy) is 1. The number of rotatable bonds is 10. The highest BCUT2D eigenvalue weighted by atomic mass is 32.2. The quantitative estimate of drug-likeness (QED) is 0.251. The minimum Gasteiger partial charge on any atom is -0.484 e. The molecule has 1 aliphatic rings. The van der Waals surface area contributed by atoms with Gasteiger partial charge < -0.3 is 10.1 Å². The molecule has 1 heterocycles. The number of anilines is 1. The molecule has 1 N–H and O–H groups in total. The highest BCUT2D eigenvalue weighted by molar-refractivity contribution is 7.89. The number of nitrogens with zero attached hydrogens (tertiary/aromatic N) is 2. The molecule has 42 heavy (non-hydrogen) atoms. The lowest BCUT2D eigenvalue weighted by Gasteiger charge is -2.39. The Morgan fingerprint density at radius 2 is 1.29 bits per heavy atom. The van der Waals surface area contributed by atoms with Crippen molar-refractivity contribution in [2.75, 3.05) is 38.1 Å². The van der Waals surface area contributed by atoms with Crippen LogP contribution in [-0.4, -0.2) is 56.3 Å². The average molecular weight is 584 g/mol. The first-order valence-electron chi connectivity index (χ1n) is 14.3. The lowest BCUT2D eigenvalue weighted by molar-refractivity contribution is -0.118. The van der Waals surface area contributed by atoms with Crippen LogP contribution in [0.15, 0.2) is 114 Å². The second kappa shape index (κ2) is 13.3. The Labute approximate surface area is 248 Å². The first-order chi connectivity index (χ1) is 20.3. The van der Waals surface area contributed by atoms with E-state index < -0.39 is 10.0 Å². The fraction of sp³-hybridized carbons (Fsp3) is 0.265.